The molecule has 0 saturated heterocycles. The molecule has 0 bridgehead atoms. The number of halogens is 5. The first-order valence-corrected chi connectivity index (χ1v) is 7.58. The topological polar surface area (TPSA) is 66.2 Å². The molecule has 0 radical (unpaired) electrons. The van der Waals surface area contributed by atoms with Gasteiger partial charge in [-0.25, -0.2) is 22.9 Å². The zero-order valence-electron chi connectivity index (χ0n) is 14.1. The Balaban J connectivity index is 1.90. The first-order chi connectivity index (χ1) is 13.3. The Morgan fingerprint density at radius 2 is 1.68 bits per heavy atom. The van der Waals surface area contributed by atoms with Crippen LogP contribution in [0.1, 0.15) is 16.1 Å². The van der Waals surface area contributed by atoms with E-state index in [0.717, 1.165) is 6.07 Å². The van der Waals surface area contributed by atoms with Crippen molar-refractivity contribution >= 4 is 5.97 Å². The Morgan fingerprint density at radius 1 is 1.04 bits per heavy atom. The minimum atomic E-state index is -2.36. The quantitative estimate of drug-likeness (QED) is 0.217. The van der Waals surface area contributed by atoms with Gasteiger partial charge in [-0.1, -0.05) is 0 Å². The van der Waals surface area contributed by atoms with Gasteiger partial charge in [-0.2, -0.15) is 13.9 Å². The summed E-state index contributed by atoms with van der Waals surface area (Å²) < 4.78 is 77.7. The predicted octanol–water partition coefficient (Wildman–Crippen LogP) is 3.25. The number of rotatable bonds is 5. The maximum Gasteiger partial charge on any atom is 0.362 e. The Bertz CT molecular complexity index is 1010. The molecule has 28 heavy (non-hydrogen) atoms. The van der Waals surface area contributed by atoms with Gasteiger partial charge in [0.15, 0.2) is 5.69 Å². The molecule has 0 aliphatic rings. The number of hydrogen-bond acceptors (Lipinski definition) is 5. The molecule has 2 heterocycles. The lowest BCUT2D eigenvalue weighted by Crippen LogP contribution is -2.16. The SMILES string of the molecule is COc1nc(C(=O)Oc2c(F)c(F)c(F)c(F)c2F)ccc1Cn1cccn1. The largest absolute Gasteiger partial charge is 0.481 e. The standard InChI is InChI=1S/C17H10F5N3O3/c1-27-16-8(7-25-6-2-5-23-25)3-4-9(24-16)17(26)28-15-13(21)11(19)10(18)12(20)14(15)22/h2-6H,7H2,1H3. The lowest BCUT2D eigenvalue weighted by Gasteiger charge is -2.11. The van der Waals surface area contributed by atoms with E-state index < -0.39 is 46.5 Å². The first kappa shape index (κ1) is 19.3. The van der Waals surface area contributed by atoms with E-state index in [0.29, 0.717) is 5.56 Å². The second-order valence-corrected chi connectivity index (χ2v) is 5.36. The number of esters is 1. The van der Waals surface area contributed by atoms with Gasteiger partial charge in [-0.05, 0) is 18.2 Å². The Morgan fingerprint density at radius 3 is 2.25 bits per heavy atom. The third-order valence-corrected chi connectivity index (χ3v) is 3.60. The Labute approximate surface area is 154 Å². The van der Waals surface area contributed by atoms with Crippen LogP contribution in [0.4, 0.5) is 22.0 Å². The van der Waals surface area contributed by atoms with E-state index in [1.165, 1.54) is 13.2 Å². The van der Waals surface area contributed by atoms with Gasteiger partial charge in [0, 0.05) is 18.0 Å². The third-order valence-electron chi connectivity index (χ3n) is 3.60. The van der Waals surface area contributed by atoms with Crippen LogP contribution >= 0.6 is 0 Å². The first-order valence-electron chi connectivity index (χ1n) is 7.58. The number of carbonyl (C=O) groups is 1. The molecule has 3 aromatic rings. The number of methoxy groups -OCH3 is 1. The van der Waals surface area contributed by atoms with Crippen molar-refractivity contribution < 1.29 is 36.2 Å². The van der Waals surface area contributed by atoms with E-state index in [1.807, 2.05) is 0 Å². The Hall–Kier alpha value is -3.50. The molecule has 0 unspecified atom stereocenters. The molecule has 0 fully saturated rings. The number of carbonyl (C=O) groups excluding carboxylic acids is 1. The highest BCUT2D eigenvalue weighted by atomic mass is 19.2. The summed E-state index contributed by atoms with van der Waals surface area (Å²) in [6.45, 7) is 0.246. The average Bonchev–Trinajstić information content (AvgIpc) is 3.21. The van der Waals surface area contributed by atoms with Gasteiger partial charge in [-0.3, -0.25) is 4.68 Å². The zero-order chi connectivity index (χ0) is 20.4. The summed E-state index contributed by atoms with van der Waals surface area (Å²) in [5, 5.41) is 4.00. The van der Waals surface area contributed by atoms with Crippen molar-refractivity contribution in [1.82, 2.24) is 14.8 Å². The van der Waals surface area contributed by atoms with Gasteiger partial charge in [-0.15, -0.1) is 0 Å². The molecule has 146 valence electrons. The minimum Gasteiger partial charge on any atom is -0.481 e. The number of ether oxygens (including phenoxy) is 2. The highest BCUT2D eigenvalue weighted by Gasteiger charge is 2.29. The monoisotopic (exact) mass is 399 g/mol. The normalized spacial score (nSPS) is 10.8. The van der Waals surface area contributed by atoms with Crippen molar-refractivity contribution in [3.8, 4) is 11.6 Å². The second-order valence-electron chi connectivity index (χ2n) is 5.36. The molecule has 0 atom stereocenters. The van der Waals surface area contributed by atoms with Gasteiger partial charge in [0.25, 0.3) is 0 Å². The molecule has 0 amide bonds. The maximum atomic E-state index is 13.6. The van der Waals surface area contributed by atoms with Crippen molar-refractivity contribution in [3.05, 3.63) is 70.9 Å². The average molecular weight is 399 g/mol. The van der Waals surface area contributed by atoms with Gasteiger partial charge in [0.05, 0.1) is 13.7 Å². The molecule has 3 rings (SSSR count). The van der Waals surface area contributed by atoms with Crippen LogP contribution in [0, 0.1) is 29.1 Å². The number of benzene rings is 1. The fourth-order valence-corrected chi connectivity index (χ4v) is 2.27. The number of nitrogens with zero attached hydrogens (tertiary/aromatic N) is 3. The summed E-state index contributed by atoms with van der Waals surface area (Å²) in [7, 11) is 1.27. The lowest BCUT2D eigenvalue weighted by atomic mass is 10.2. The molecule has 11 heteroatoms. The molecule has 0 aliphatic heterocycles. The van der Waals surface area contributed by atoms with Crippen LogP contribution in [-0.2, 0) is 6.54 Å². The van der Waals surface area contributed by atoms with Gasteiger partial charge in [0.2, 0.25) is 40.7 Å². The van der Waals surface area contributed by atoms with Crippen molar-refractivity contribution in [3.63, 3.8) is 0 Å². The van der Waals surface area contributed by atoms with Crippen LogP contribution in [0.25, 0.3) is 0 Å². The van der Waals surface area contributed by atoms with Gasteiger partial charge in [0.1, 0.15) is 0 Å². The summed E-state index contributed by atoms with van der Waals surface area (Å²) in [5.41, 5.74) is 0.0454. The number of pyridine rings is 1. The summed E-state index contributed by atoms with van der Waals surface area (Å²) in [6, 6.07) is 4.26. The van der Waals surface area contributed by atoms with E-state index in [1.54, 1.807) is 23.1 Å². The lowest BCUT2D eigenvalue weighted by molar-refractivity contribution is 0.0708. The molecule has 0 saturated carbocycles. The zero-order valence-corrected chi connectivity index (χ0v) is 14.1. The van der Waals surface area contributed by atoms with Crippen molar-refractivity contribution in [2.45, 2.75) is 6.54 Å². The van der Waals surface area contributed by atoms with Crippen molar-refractivity contribution in [2.24, 2.45) is 0 Å². The summed E-state index contributed by atoms with van der Waals surface area (Å²) >= 11 is 0. The molecule has 1 aromatic carbocycles. The molecular weight excluding hydrogens is 389 g/mol. The van der Waals surface area contributed by atoms with Gasteiger partial charge < -0.3 is 9.47 Å². The molecule has 0 aliphatic carbocycles. The smallest absolute Gasteiger partial charge is 0.362 e. The number of aromatic nitrogens is 3. The van der Waals surface area contributed by atoms with Crippen LogP contribution in [-0.4, -0.2) is 27.8 Å². The summed E-state index contributed by atoms with van der Waals surface area (Å²) in [4.78, 5) is 15.9. The molecule has 2 aromatic heterocycles. The van der Waals surface area contributed by atoms with Crippen molar-refractivity contribution in [1.29, 1.82) is 0 Å². The van der Waals surface area contributed by atoms with Crippen LogP contribution < -0.4 is 9.47 Å². The van der Waals surface area contributed by atoms with Gasteiger partial charge >= 0.3 is 5.97 Å². The van der Waals surface area contributed by atoms with E-state index in [9.17, 15) is 26.7 Å². The molecule has 0 N–H and O–H groups in total. The van der Waals surface area contributed by atoms with Crippen LogP contribution in [0.15, 0.2) is 30.6 Å². The third kappa shape index (κ3) is 3.50. The van der Waals surface area contributed by atoms with Crippen LogP contribution in [0.3, 0.4) is 0 Å². The molecular formula is C17H10F5N3O3. The van der Waals surface area contributed by atoms with E-state index in [4.69, 9.17) is 4.74 Å². The predicted molar refractivity (Wildman–Crippen MR) is 83.3 cm³/mol. The number of hydrogen-bond donors (Lipinski definition) is 0. The minimum absolute atomic E-state index is 0.0117. The van der Waals surface area contributed by atoms with Crippen molar-refractivity contribution in [2.75, 3.05) is 7.11 Å². The second kappa shape index (κ2) is 7.62. The Kier molecular flexibility index (Phi) is 5.25. The van der Waals surface area contributed by atoms with Crippen LogP contribution in [0.5, 0.6) is 11.6 Å². The fraction of sp³-hybridized carbons (Fsp3) is 0.118. The molecule has 0 spiro atoms. The highest BCUT2D eigenvalue weighted by Crippen LogP contribution is 2.30. The van der Waals surface area contributed by atoms with E-state index in [-0.39, 0.29) is 12.4 Å². The van der Waals surface area contributed by atoms with E-state index >= 15 is 0 Å². The maximum absolute atomic E-state index is 13.6. The highest BCUT2D eigenvalue weighted by molar-refractivity contribution is 5.89. The van der Waals surface area contributed by atoms with Crippen LogP contribution in [0.2, 0.25) is 0 Å². The summed E-state index contributed by atoms with van der Waals surface area (Å²) in [5.74, 6) is -14.5. The fourth-order valence-electron chi connectivity index (χ4n) is 2.27. The molecule has 6 nitrogen and oxygen atoms in total. The van der Waals surface area contributed by atoms with E-state index in [2.05, 4.69) is 14.8 Å². The summed E-state index contributed by atoms with van der Waals surface area (Å²) in [6.07, 6.45) is 3.22.